The molecule has 0 saturated carbocycles. The van der Waals surface area contributed by atoms with Crippen molar-refractivity contribution in [2.45, 2.75) is 12.2 Å². The molecular formula is C17H24N4S. The molecule has 0 amide bonds. The molecule has 0 atom stereocenters. The number of nitrogens with one attached hydrogen (secondary N) is 2. The molecule has 0 bridgehead atoms. The maximum Gasteiger partial charge on any atom is 0.110 e. The third kappa shape index (κ3) is 4.87. The Labute approximate surface area is 136 Å². The van der Waals surface area contributed by atoms with E-state index < -0.39 is 0 Å². The lowest BCUT2D eigenvalue weighted by Crippen LogP contribution is -2.44. The molecule has 0 aliphatic carbocycles. The van der Waals surface area contributed by atoms with Crippen LogP contribution in [0.3, 0.4) is 0 Å². The Morgan fingerprint density at radius 1 is 1.09 bits per heavy atom. The van der Waals surface area contributed by atoms with Gasteiger partial charge in [0, 0.05) is 63.0 Å². The quantitative estimate of drug-likeness (QED) is 0.768. The SMILES string of the molecule is c1c[nH]c(Cc2ccc(CSCCN3CCNCC3)cc2)n1. The smallest absolute Gasteiger partial charge is 0.110 e. The van der Waals surface area contributed by atoms with Gasteiger partial charge >= 0.3 is 0 Å². The van der Waals surface area contributed by atoms with Crippen molar-refractivity contribution in [2.75, 3.05) is 38.5 Å². The van der Waals surface area contributed by atoms with Crippen LogP contribution in [-0.2, 0) is 12.2 Å². The van der Waals surface area contributed by atoms with E-state index in [-0.39, 0.29) is 0 Å². The molecule has 0 unspecified atom stereocenters. The predicted molar refractivity (Wildman–Crippen MR) is 93.3 cm³/mol. The van der Waals surface area contributed by atoms with Gasteiger partial charge in [0.2, 0.25) is 0 Å². The maximum atomic E-state index is 4.27. The van der Waals surface area contributed by atoms with E-state index in [1.54, 1.807) is 6.20 Å². The van der Waals surface area contributed by atoms with Gasteiger partial charge in [0.1, 0.15) is 5.82 Å². The molecule has 3 rings (SSSR count). The second-order valence-corrected chi connectivity index (χ2v) is 6.78. The third-order valence-corrected chi connectivity index (χ3v) is 4.99. The monoisotopic (exact) mass is 316 g/mol. The van der Waals surface area contributed by atoms with Crippen molar-refractivity contribution in [3.8, 4) is 0 Å². The number of hydrogen-bond acceptors (Lipinski definition) is 4. The number of aromatic amines is 1. The summed E-state index contributed by atoms with van der Waals surface area (Å²) in [5.41, 5.74) is 2.72. The van der Waals surface area contributed by atoms with E-state index in [0.717, 1.165) is 31.1 Å². The number of H-pyrrole nitrogens is 1. The standard InChI is InChI=1S/C17H24N4S/c1-3-16(4-2-15(1)13-17-19-5-6-20-17)14-22-12-11-21-9-7-18-8-10-21/h1-6,18H,7-14H2,(H,19,20). The van der Waals surface area contributed by atoms with Crippen molar-refractivity contribution in [2.24, 2.45) is 0 Å². The predicted octanol–water partition coefficient (Wildman–Crippen LogP) is 2.14. The van der Waals surface area contributed by atoms with Gasteiger partial charge in [-0.25, -0.2) is 4.98 Å². The zero-order chi connectivity index (χ0) is 15.0. The van der Waals surface area contributed by atoms with E-state index in [1.807, 2.05) is 18.0 Å². The first-order valence-corrected chi connectivity index (χ1v) is 9.12. The van der Waals surface area contributed by atoms with Gasteiger partial charge in [0.15, 0.2) is 0 Å². The number of benzene rings is 1. The summed E-state index contributed by atoms with van der Waals surface area (Å²) in [6.45, 7) is 5.89. The molecule has 2 aromatic rings. The van der Waals surface area contributed by atoms with Gasteiger partial charge < -0.3 is 10.3 Å². The number of imidazole rings is 1. The molecule has 1 aromatic heterocycles. The first-order chi connectivity index (χ1) is 10.9. The Kier molecular flexibility index (Phi) is 5.93. The number of aromatic nitrogens is 2. The van der Waals surface area contributed by atoms with Gasteiger partial charge in [-0.2, -0.15) is 11.8 Å². The van der Waals surface area contributed by atoms with Crippen molar-refractivity contribution in [1.82, 2.24) is 20.2 Å². The maximum absolute atomic E-state index is 4.27. The minimum Gasteiger partial charge on any atom is -0.348 e. The Morgan fingerprint density at radius 3 is 2.59 bits per heavy atom. The topological polar surface area (TPSA) is 44.0 Å². The summed E-state index contributed by atoms with van der Waals surface area (Å²) >= 11 is 2.03. The molecule has 1 aliphatic heterocycles. The van der Waals surface area contributed by atoms with E-state index in [4.69, 9.17) is 0 Å². The zero-order valence-corrected chi connectivity index (χ0v) is 13.7. The number of nitrogens with zero attached hydrogens (tertiary/aromatic N) is 2. The van der Waals surface area contributed by atoms with E-state index in [2.05, 4.69) is 44.5 Å². The van der Waals surface area contributed by atoms with Crippen LogP contribution in [0.5, 0.6) is 0 Å². The fourth-order valence-corrected chi connectivity index (χ4v) is 3.62. The first kappa shape index (κ1) is 15.6. The van der Waals surface area contributed by atoms with Crippen LogP contribution in [-0.4, -0.2) is 53.3 Å². The number of piperazine rings is 1. The molecule has 5 heteroatoms. The average Bonchev–Trinajstić information content (AvgIpc) is 3.07. The fourth-order valence-electron chi connectivity index (χ4n) is 2.66. The van der Waals surface area contributed by atoms with Crippen molar-refractivity contribution in [1.29, 1.82) is 0 Å². The lowest BCUT2D eigenvalue weighted by Gasteiger charge is -2.26. The fraction of sp³-hybridized carbons (Fsp3) is 0.471. The van der Waals surface area contributed by atoms with Gasteiger partial charge in [-0.15, -0.1) is 0 Å². The summed E-state index contributed by atoms with van der Waals surface area (Å²) in [6.07, 6.45) is 4.56. The van der Waals surface area contributed by atoms with Gasteiger partial charge in [0.25, 0.3) is 0 Å². The molecule has 2 heterocycles. The average molecular weight is 316 g/mol. The Morgan fingerprint density at radius 2 is 1.86 bits per heavy atom. The molecule has 118 valence electrons. The van der Waals surface area contributed by atoms with E-state index in [1.165, 1.54) is 36.5 Å². The normalized spacial score (nSPS) is 16.0. The van der Waals surface area contributed by atoms with Gasteiger partial charge in [0.05, 0.1) is 0 Å². The Hall–Kier alpha value is -1.30. The summed E-state index contributed by atoms with van der Waals surface area (Å²) in [5.74, 6) is 3.35. The summed E-state index contributed by atoms with van der Waals surface area (Å²) in [7, 11) is 0. The lowest BCUT2D eigenvalue weighted by atomic mass is 10.1. The van der Waals surface area contributed by atoms with Crippen LogP contribution in [0.4, 0.5) is 0 Å². The summed E-state index contributed by atoms with van der Waals surface area (Å²) in [5, 5.41) is 3.40. The first-order valence-electron chi connectivity index (χ1n) is 7.97. The second kappa shape index (κ2) is 8.36. The van der Waals surface area contributed by atoms with E-state index in [0.29, 0.717) is 0 Å². The number of rotatable bonds is 7. The lowest BCUT2D eigenvalue weighted by molar-refractivity contribution is 0.255. The molecule has 1 saturated heterocycles. The molecular weight excluding hydrogens is 292 g/mol. The molecule has 1 aliphatic rings. The molecule has 0 spiro atoms. The third-order valence-electron chi connectivity index (χ3n) is 3.98. The summed E-state index contributed by atoms with van der Waals surface area (Å²) in [4.78, 5) is 9.97. The van der Waals surface area contributed by atoms with Gasteiger partial charge in [-0.1, -0.05) is 24.3 Å². The van der Waals surface area contributed by atoms with Gasteiger partial charge in [-0.3, -0.25) is 4.90 Å². The molecule has 1 aromatic carbocycles. The Bertz CT molecular complexity index is 532. The van der Waals surface area contributed by atoms with Crippen LogP contribution >= 0.6 is 11.8 Å². The highest BCUT2D eigenvalue weighted by molar-refractivity contribution is 7.98. The van der Waals surface area contributed by atoms with E-state index in [9.17, 15) is 0 Å². The molecule has 1 fully saturated rings. The molecule has 2 N–H and O–H groups in total. The number of hydrogen-bond donors (Lipinski definition) is 2. The van der Waals surface area contributed by atoms with Crippen LogP contribution in [0.2, 0.25) is 0 Å². The van der Waals surface area contributed by atoms with Crippen molar-refractivity contribution < 1.29 is 0 Å². The van der Waals surface area contributed by atoms with Crippen LogP contribution in [0, 0.1) is 0 Å². The summed E-state index contributed by atoms with van der Waals surface area (Å²) in [6, 6.07) is 8.93. The molecule has 0 radical (unpaired) electrons. The highest BCUT2D eigenvalue weighted by Gasteiger charge is 2.08. The van der Waals surface area contributed by atoms with Crippen LogP contribution < -0.4 is 5.32 Å². The summed E-state index contributed by atoms with van der Waals surface area (Å²) < 4.78 is 0. The zero-order valence-electron chi connectivity index (χ0n) is 12.9. The second-order valence-electron chi connectivity index (χ2n) is 5.67. The molecule has 22 heavy (non-hydrogen) atoms. The number of thioether (sulfide) groups is 1. The van der Waals surface area contributed by atoms with Crippen LogP contribution in [0.25, 0.3) is 0 Å². The highest BCUT2D eigenvalue weighted by Crippen LogP contribution is 2.14. The van der Waals surface area contributed by atoms with E-state index >= 15 is 0 Å². The van der Waals surface area contributed by atoms with Crippen molar-refractivity contribution >= 4 is 11.8 Å². The van der Waals surface area contributed by atoms with Gasteiger partial charge in [-0.05, 0) is 11.1 Å². The van der Waals surface area contributed by atoms with Crippen molar-refractivity contribution in [3.63, 3.8) is 0 Å². The van der Waals surface area contributed by atoms with Crippen LogP contribution in [0.15, 0.2) is 36.7 Å². The van der Waals surface area contributed by atoms with Crippen LogP contribution in [0.1, 0.15) is 17.0 Å². The Balaban J connectivity index is 1.37. The highest BCUT2D eigenvalue weighted by atomic mass is 32.2. The molecule has 4 nitrogen and oxygen atoms in total. The minimum atomic E-state index is 0.878. The minimum absolute atomic E-state index is 0.878. The largest absolute Gasteiger partial charge is 0.348 e. The van der Waals surface area contributed by atoms with Crippen molar-refractivity contribution in [3.05, 3.63) is 53.6 Å².